The fraction of sp³-hybridized carbons (Fsp3) is 0.417. The van der Waals surface area contributed by atoms with E-state index in [1.807, 2.05) is 31.2 Å². The summed E-state index contributed by atoms with van der Waals surface area (Å²) in [5, 5.41) is 5.57. The zero-order chi connectivity index (χ0) is 23.3. The first-order valence-corrected chi connectivity index (χ1v) is 12.4. The maximum Gasteiger partial charge on any atom is 0.246 e. The molecule has 1 saturated heterocycles. The van der Waals surface area contributed by atoms with Crippen LogP contribution in [0.15, 0.2) is 53.4 Å². The van der Waals surface area contributed by atoms with Crippen LogP contribution in [0.25, 0.3) is 0 Å². The van der Waals surface area contributed by atoms with Gasteiger partial charge in [-0.05, 0) is 62.9 Å². The molecule has 8 heteroatoms. The quantitative estimate of drug-likeness (QED) is 0.668. The van der Waals surface area contributed by atoms with E-state index in [1.54, 1.807) is 31.2 Å². The van der Waals surface area contributed by atoms with Gasteiger partial charge in [0.2, 0.25) is 21.8 Å². The molecular formula is C24H31N3O4S. The number of amides is 2. The Morgan fingerprint density at radius 2 is 1.62 bits per heavy atom. The molecule has 0 bridgehead atoms. The number of carbonyl (C=O) groups is 2. The second-order valence-corrected chi connectivity index (χ2v) is 10.2. The van der Waals surface area contributed by atoms with Crippen molar-refractivity contribution in [2.75, 3.05) is 18.4 Å². The van der Waals surface area contributed by atoms with Gasteiger partial charge in [0, 0.05) is 24.7 Å². The van der Waals surface area contributed by atoms with Gasteiger partial charge in [0.1, 0.15) is 6.04 Å². The van der Waals surface area contributed by atoms with E-state index in [2.05, 4.69) is 17.6 Å². The number of rotatable bonds is 7. The second-order valence-electron chi connectivity index (χ2n) is 8.26. The lowest BCUT2D eigenvalue weighted by atomic mass is 9.97. The van der Waals surface area contributed by atoms with Gasteiger partial charge in [-0.25, -0.2) is 8.42 Å². The number of sulfonamides is 1. The molecule has 2 N–H and O–H groups in total. The highest BCUT2D eigenvalue weighted by Crippen LogP contribution is 2.24. The lowest BCUT2D eigenvalue weighted by Gasteiger charge is -2.31. The third kappa shape index (κ3) is 5.75. The Kier molecular flexibility index (Phi) is 7.69. The molecule has 32 heavy (non-hydrogen) atoms. The number of nitrogens with one attached hydrogen (secondary N) is 2. The van der Waals surface area contributed by atoms with E-state index in [4.69, 9.17) is 0 Å². The van der Waals surface area contributed by atoms with Crippen LogP contribution in [0.3, 0.4) is 0 Å². The van der Waals surface area contributed by atoms with Crippen LogP contribution in [0.4, 0.5) is 5.69 Å². The summed E-state index contributed by atoms with van der Waals surface area (Å²) in [5.41, 5.74) is 2.86. The van der Waals surface area contributed by atoms with E-state index in [9.17, 15) is 18.0 Å². The first-order valence-electron chi connectivity index (χ1n) is 11.0. The predicted molar refractivity (Wildman–Crippen MR) is 125 cm³/mol. The molecule has 0 aromatic heterocycles. The van der Waals surface area contributed by atoms with Gasteiger partial charge in [0.05, 0.1) is 4.90 Å². The average Bonchev–Trinajstić information content (AvgIpc) is 2.79. The van der Waals surface area contributed by atoms with Crippen LogP contribution in [-0.2, 0) is 26.0 Å². The molecule has 1 heterocycles. The first-order chi connectivity index (χ1) is 15.2. The van der Waals surface area contributed by atoms with E-state index in [-0.39, 0.29) is 35.7 Å². The minimum absolute atomic E-state index is 0.221. The molecule has 2 aromatic rings. The fourth-order valence-electron chi connectivity index (χ4n) is 3.69. The first kappa shape index (κ1) is 23.9. The van der Waals surface area contributed by atoms with Gasteiger partial charge in [0.25, 0.3) is 0 Å². The van der Waals surface area contributed by atoms with E-state index in [0.717, 1.165) is 12.0 Å². The van der Waals surface area contributed by atoms with Gasteiger partial charge in [0.15, 0.2) is 0 Å². The maximum absolute atomic E-state index is 12.8. The van der Waals surface area contributed by atoms with Crippen molar-refractivity contribution in [1.82, 2.24) is 9.62 Å². The minimum atomic E-state index is -3.57. The van der Waals surface area contributed by atoms with Crippen LogP contribution in [0.2, 0.25) is 0 Å². The summed E-state index contributed by atoms with van der Waals surface area (Å²) in [4.78, 5) is 25.4. The van der Waals surface area contributed by atoms with Crippen molar-refractivity contribution < 1.29 is 18.0 Å². The molecule has 1 aliphatic heterocycles. The molecule has 1 unspecified atom stereocenters. The molecule has 2 aromatic carbocycles. The number of piperidine rings is 1. The normalized spacial score (nSPS) is 16.3. The number of nitrogens with zero attached hydrogens (tertiary/aromatic N) is 1. The summed E-state index contributed by atoms with van der Waals surface area (Å²) in [6.07, 6.45) is 1.76. The Bertz CT molecular complexity index is 1040. The molecule has 1 fully saturated rings. The molecule has 2 amide bonds. The molecule has 0 radical (unpaired) electrons. The minimum Gasteiger partial charge on any atom is -0.344 e. The molecule has 3 rings (SSSR count). The summed E-state index contributed by atoms with van der Waals surface area (Å²) in [6.45, 7) is 6.17. The van der Waals surface area contributed by atoms with Crippen LogP contribution in [0.1, 0.15) is 37.8 Å². The summed E-state index contributed by atoms with van der Waals surface area (Å²) in [5.74, 6) is -0.832. The molecule has 172 valence electrons. The smallest absolute Gasteiger partial charge is 0.246 e. The molecule has 0 spiro atoms. The highest BCUT2D eigenvalue weighted by molar-refractivity contribution is 7.89. The molecular weight excluding hydrogens is 426 g/mol. The van der Waals surface area contributed by atoms with Crippen molar-refractivity contribution in [1.29, 1.82) is 0 Å². The van der Waals surface area contributed by atoms with Crippen LogP contribution in [0, 0.1) is 12.8 Å². The van der Waals surface area contributed by atoms with Crippen LogP contribution in [0.5, 0.6) is 0 Å². The summed E-state index contributed by atoms with van der Waals surface area (Å²) in [6, 6.07) is 13.7. The van der Waals surface area contributed by atoms with E-state index >= 15 is 0 Å². The third-order valence-corrected chi connectivity index (χ3v) is 7.78. The van der Waals surface area contributed by atoms with Gasteiger partial charge >= 0.3 is 0 Å². The summed E-state index contributed by atoms with van der Waals surface area (Å²) < 4.78 is 27.1. The number of anilines is 1. The van der Waals surface area contributed by atoms with E-state index in [1.165, 1.54) is 9.87 Å². The topological polar surface area (TPSA) is 95.6 Å². The van der Waals surface area contributed by atoms with E-state index in [0.29, 0.717) is 18.5 Å². The standard InChI is InChI=1S/C24H31N3O4S/c1-4-19-7-9-21(10-8-19)26-23(28)18(3)25-24(29)20-13-15-27(16-14-20)32(30,31)22-11-5-17(2)6-12-22/h5-12,18,20H,4,13-16H2,1-3H3,(H,25,29)(H,26,28). The van der Waals surface area contributed by atoms with Crippen LogP contribution < -0.4 is 10.6 Å². The number of hydrogen-bond donors (Lipinski definition) is 2. The van der Waals surface area contributed by atoms with Crippen LogP contribution >= 0.6 is 0 Å². The number of hydrogen-bond acceptors (Lipinski definition) is 4. The highest BCUT2D eigenvalue weighted by Gasteiger charge is 2.32. The highest BCUT2D eigenvalue weighted by atomic mass is 32.2. The summed E-state index contributed by atoms with van der Waals surface area (Å²) >= 11 is 0. The number of aryl methyl sites for hydroxylation is 2. The van der Waals surface area contributed by atoms with Gasteiger partial charge in [-0.1, -0.05) is 36.8 Å². The Hall–Kier alpha value is -2.71. The van der Waals surface area contributed by atoms with Gasteiger partial charge < -0.3 is 10.6 Å². The largest absolute Gasteiger partial charge is 0.344 e. The fourth-order valence-corrected chi connectivity index (χ4v) is 5.16. The van der Waals surface area contributed by atoms with Crippen molar-refractivity contribution >= 4 is 27.5 Å². The molecule has 1 atom stereocenters. The zero-order valence-corrected chi connectivity index (χ0v) is 19.6. The number of benzene rings is 2. The van der Waals surface area contributed by atoms with Crippen molar-refractivity contribution in [2.45, 2.75) is 51.0 Å². The van der Waals surface area contributed by atoms with Gasteiger partial charge in [-0.3, -0.25) is 9.59 Å². The Labute approximate surface area is 190 Å². The number of carbonyl (C=O) groups excluding carboxylic acids is 2. The molecule has 1 aliphatic rings. The lowest BCUT2D eigenvalue weighted by Crippen LogP contribution is -2.47. The summed E-state index contributed by atoms with van der Waals surface area (Å²) in [7, 11) is -3.57. The predicted octanol–water partition coefficient (Wildman–Crippen LogP) is 3.10. The SMILES string of the molecule is CCc1ccc(NC(=O)C(C)NC(=O)C2CCN(S(=O)(=O)c3ccc(C)cc3)CC2)cc1. The van der Waals surface area contributed by atoms with E-state index < -0.39 is 16.1 Å². The van der Waals surface area contributed by atoms with Crippen molar-refractivity contribution in [3.8, 4) is 0 Å². The third-order valence-electron chi connectivity index (χ3n) is 5.87. The monoisotopic (exact) mass is 457 g/mol. The molecule has 0 aliphatic carbocycles. The Balaban J connectivity index is 1.51. The molecule has 7 nitrogen and oxygen atoms in total. The Morgan fingerprint density at radius 3 is 2.19 bits per heavy atom. The second kappa shape index (κ2) is 10.3. The molecule has 0 saturated carbocycles. The van der Waals surface area contributed by atoms with Gasteiger partial charge in [-0.2, -0.15) is 4.31 Å². The van der Waals surface area contributed by atoms with Crippen molar-refractivity contribution in [3.63, 3.8) is 0 Å². The Morgan fingerprint density at radius 1 is 1.03 bits per heavy atom. The van der Waals surface area contributed by atoms with Crippen LogP contribution in [-0.4, -0.2) is 43.7 Å². The lowest BCUT2D eigenvalue weighted by molar-refractivity contribution is -0.129. The average molecular weight is 458 g/mol. The van der Waals surface area contributed by atoms with Crippen molar-refractivity contribution in [2.24, 2.45) is 5.92 Å². The maximum atomic E-state index is 12.8. The zero-order valence-electron chi connectivity index (χ0n) is 18.8. The van der Waals surface area contributed by atoms with Crippen molar-refractivity contribution in [3.05, 3.63) is 59.7 Å². The van der Waals surface area contributed by atoms with Gasteiger partial charge in [-0.15, -0.1) is 0 Å².